The van der Waals surface area contributed by atoms with Gasteiger partial charge in [-0.25, -0.2) is 0 Å². The molecule has 4 heterocycles. The van der Waals surface area contributed by atoms with Gasteiger partial charge in [0.05, 0.1) is 25.4 Å². The molecule has 4 fully saturated rings. The Labute approximate surface area is 291 Å². The molecule has 0 aromatic heterocycles. The van der Waals surface area contributed by atoms with Crippen LogP contribution in [0.5, 0.6) is 0 Å². The topological polar surface area (TPSA) is 107 Å². The fraction of sp³-hybridized carbons (Fsp3) is 0.500. The van der Waals surface area contributed by atoms with Crippen LogP contribution < -0.4 is 0 Å². The zero-order chi connectivity index (χ0) is 34.0. The smallest absolute Gasteiger partial charge is 0.227 e. The average molecular weight is 690 g/mol. The molecule has 3 aromatic carbocycles. The second kappa shape index (κ2) is 14.8. The molecule has 260 valence electrons. The summed E-state index contributed by atoms with van der Waals surface area (Å²) in [6, 6.07) is 31.9. The lowest BCUT2D eigenvalue weighted by molar-refractivity contribution is -0.357. The van der Waals surface area contributed by atoms with Crippen molar-refractivity contribution < 1.29 is 42.6 Å². The maximum Gasteiger partial charge on any atom is 0.227 e. The van der Waals surface area contributed by atoms with E-state index in [1.54, 1.807) is 7.11 Å². The lowest BCUT2D eigenvalue weighted by atomic mass is 9.96. The van der Waals surface area contributed by atoms with Gasteiger partial charge in [-0.2, -0.15) is 5.26 Å². The maximum atomic E-state index is 10.6. The summed E-state index contributed by atoms with van der Waals surface area (Å²) in [5, 5.41) is 10.6. The predicted octanol–water partition coefficient (Wildman–Crippen LogP) is 5.69. The van der Waals surface area contributed by atoms with Gasteiger partial charge in [0, 0.05) is 18.4 Å². The number of thioether (sulfide) groups is 1. The maximum absolute atomic E-state index is 10.6. The van der Waals surface area contributed by atoms with E-state index in [1.807, 2.05) is 112 Å². The van der Waals surface area contributed by atoms with Crippen molar-refractivity contribution in [3.63, 3.8) is 0 Å². The molecule has 4 aliphatic heterocycles. The molecule has 11 atom stereocenters. The molecule has 4 aliphatic rings. The van der Waals surface area contributed by atoms with Crippen LogP contribution in [-0.4, -0.2) is 80.1 Å². The molecule has 0 radical (unpaired) electrons. The molecule has 0 aliphatic carbocycles. The minimum Gasteiger partial charge on any atom is -0.368 e. The van der Waals surface area contributed by atoms with Crippen molar-refractivity contribution in [2.75, 3.05) is 12.9 Å². The number of nitriles is 1. The van der Waals surface area contributed by atoms with Gasteiger partial charge in [0.2, 0.25) is 4.93 Å². The van der Waals surface area contributed by atoms with Crippen LogP contribution in [0.2, 0.25) is 0 Å². The summed E-state index contributed by atoms with van der Waals surface area (Å²) < 4.78 is 58.5. The molecule has 4 saturated heterocycles. The molecule has 49 heavy (non-hydrogen) atoms. The Morgan fingerprint density at radius 1 is 0.735 bits per heavy atom. The summed E-state index contributed by atoms with van der Waals surface area (Å²) in [5.41, 5.74) is 2.73. The van der Waals surface area contributed by atoms with E-state index in [1.165, 1.54) is 11.8 Å². The predicted molar refractivity (Wildman–Crippen MR) is 180 cm³/mol. The van der Waals surface area contributed by atoms with Gasteiger partial charge in [-0.05, 0) is 31.9 Å². The van der Waals surface area contributed by atoms with Crippen molar-refractivity contribution in [3.8, 4) is 6.07 Å². The number of hydrogen-bond donors (Lipinski definition) is 0. The Morgan fingerprint density at radius 2 is 1.33 bits per heavy atom. The van der Waals surface area contributed by atoms with Gasteiger partial charge in [0.15, 0.2) is 18.4 Å². The van der Waals surface area contributed by atoms with E-state index in [2.05, 4.69) is 6.07 Å². The van der Waals surface area contributed by atoms with Gasteiger partial charge in [-0.3, -0.25) is 0 Å². The average Bonchev–Trinajstić information content (AvgIpc) is 3.47. The second-order valence-corrected chi connectivity index (χ2v) is 14.4. The van der Waals surface area contributed by atoms with Crippen LogP contribution in [0, 0.1) is 11.3 Å². The molecule has 7 rings (SSSR count). The van der Waals surface area contributed by atoms with Gasteiger partial charge in [-0.1, -0.05) is 91.0 Å². The molecule has 11 heteroatoms. The number of hydrogen-bond acceptors (Lipinski definition) is 11. The van der Waals surface area contributed by atoms with Crippen molar-refractivity contribution in [1.29, 1.82) is 5.26 Å². The highest BCUT2D eigenvalue weighted by Gasteiger charge is 2.59. The van der Waals surface area contributed by atoms with Crippen molar-refractivity contribution in [2.24, 2.45) is 0 Å². The monoisotopic (exact) mass is 689 g/mol. The Hall–Kier alpha value is -2.86. The van der Waals surface area contributed by atoms with Gasteiger partial charge in [-0.15, -0.1) is 11.8 Å². The van der Waals surface area contributed by atoms with Crippen molar-refractivity contribution in [1.82, 2.24) is 0 Å². The lowest BCUT2D eigenvalue weighted by Gasteiger charge is -2.52. The highest BCUT2D eigenvalue weighted by Crippen LogP contribution is 2.48. The summed E-state index contributed by atoms with van der Waals surface area (Å²) in [5.74, 6) is -0.402. The first-order valence-corrected chi connectivity index (χ1v) is 17.7. The van der Waals surface area contributed by atoms with Crippen molar-refractivity contribution >= 4 is 11.8 Å². The fourth-order valence-electron chi connectivity index (χ4n) is 6.97. The Balaban J connectivity index is 1.23. The molecular weight excluding hydrogens is 646 g/mol. The quantitative estimate of drug-likeness (QED) is 0.262. The molecule has 0 unspecified atom stereocenters. The minimum absolute atomic E-state index is 0.273. The summed E-state index contributed by atoms with van der Waals surface area (Å²) in [6.45, 7) is 6.23. The highest BCUT2D eigenvalue weighted by molar-refractivity contribution is 8.00. The number of ether oxygens (including phenoxy) is 9. The van der Waals surface area contributed by atoms with E-state index in [0.29, 0.717) is 12.4 Å². The standard InChI is InChI=1S/C38H43NO9S/c1-24-29(32-34(35(40-4)43-24)47-37(2,3)46-32)45-36-33(42-21-26-16-10-6-11-17-26)31(41-20-25-14-8-5-9-15-25)30-28(44-36)22-49-38(23-39,48-30)27-18-12-7-13-19-27/h5-19,24,28-36H,20-22H2,1-4H3/t24-,28-,29-,30-,31+,32+,33+,34+,35+,36+,38+/m0/s1. The summed E-state index contributed by atoms with van der Waals surface area (Å²) in [7, 11) is 1.59. The largest absolute Gasteiger partial charge is 0.368 e. The van der Waals surface area contributed by atoms with Crippen LogP contribution >= 0.6 is 11.8 Å². The number of benzene rings is 3. The van der Waals surface area contributed by atoms with Gasteiger partial charge < -0.3 is 42.6 Å². The zero-order valence-electron chi connectivity index (χ0n) is 28.1. The van der Waals surface area contributed by atoms with Crippen LogP contribution in [-0.2, 0) is 60.8 Å². The van der Waals surface area contributed by atoms with Gasteiger partial charge in [0.25, 0.3) is 0 Å². The molecule has 0 bridgehead atoms. The number of nitrogens with zero attached hydrogens (tertiary/aromatic N) is 1. The first-order valence-electron chi connectivity index (χ1n) is 16.7. The van der Waals surface area contributed by atoms with Gasteiger partial charge >= 0.3 is 0 Å². The number of rotatable bonds is 10. The molecule has 0 spiro atoms. The van der Waals surface area contributed by atoms with Crippen LogP contribution in [0.3, 0.4) is 0 Å². The highest BCUT2D eigenvalue weighted by atomic mass is 32.2. The molecule has 10 nitrogen and oxygen atoms in total. The van der Waals surface area contributed by atoms with Crippen LogP contribution in [0.15, 0.2) is 91.0 Å². The van der Waals surface area contributed by atoms with Crippen LogP contribution in [0.4, 0.5) is 0 Å². The molecule has 0 N–H and O–H groups in total. The third kappa shape index (κ3) is 7.32. The second-order valence-electron chi connectivity index (χ2n) is 13.2. The van der Waals surface area contributed by atoms with Crippen LogP contribution in [0.1, 0.15) is 37.5 Å². The lowest BCUT2D eigenvalue weighted by Crippen LogP contribution is -2.66. The van der Waals surface area contributed by atoms with E-state index in [9.17, 15) is 5.26 Å². The van der Waals surface area contributed by atoms with Crippen molar-refractivity contribution in [2.45, 2.75) is 106 Å². The SMILES string of the molecule is CO[C@@H]1O[C@@H](C)[C@H](O[C@H]2O[C@H]3CS[C@](C#N)(c4ccccc4)O[C@@H]3[C@@H](OCc3ccccc3)[C@H]2OCc2ccccc2)[C@H]2OC(C)(C)O[C@@H]12. The first kappa shape index (κ1) is 34.6. The van der Waals surface area contributed by atoms with E-state index >= 15 is 0 Å². The fourth-order valence-corrected chi connectivity index (χ4v) is 8.18. The number of fused-ring (bicyclic) bond motifs is 2. The third-order valence-electron chi connectivity index (χ3n) is 9.31. The summed E-state index contributed by atoms with van der Waals surface area (Å²) >= 11 is 1.40. The van der Waals surface area contributed by atoms with E-state index in [0.717, 1.165) is 16.7 Å². The van der Waals surface area contributed by atoms with E-state index < -0.39 is 72.1 Å². The Morgan fingerprint density at radius 3 is 1.94 bits per heavy atom. The molecular formula is C38H43NO9S. The van der Waals surface area contributed by atoms with E-state index in [4.69, 9.17) is 42.6 Å². The minimum atomic E-state index is -1.26. The molecule has 0 saturated carbocycles. The third-order valence-corrected chi connectivity index (χ3v) is 10.6. The zero-order valence-corrected chi connectivity index (χ0v) is 28.9. The summed E-state index contributed by atoms with van der Waals surface area (Å²) in [6.07, 6.45) is -6.10. The van der Waals surface area contributed by atoms with E-state index in [-0.39, 0.29) is 6.61 Å². The van der Waals surface area contributed by atoms with Gasteiger partial charge in [0.1, 0.15) is 42.7 Å². The number of methoxy groups -OCH3 is 1. The molecule has 0 amide bonds. The van der Waals surface area contributed by atoms with Crippen LogP contribution in [0.25, 0.3) is 0 Å². The first-order chi connectivity index (χ1) is 23.8. The summed E-state index contributed by atoms with van der Waals surface area (Å²) in [4.78, 5) is -1.26. The Bertz CT molecular complexity index is 1560. The molecule has 3 aromatic rings. The van der Waals surface area contributed by atoms with Crippen molar-refractivity contribution in [3.05, 3.63) is 108 Å². The normalized spacial score (nSPS) is 36.7. The Kier molecular flexibility index (Phi) is 10.4.